The van der Waals surface area contributed by atoms with Crippen molar-refractivity contribution in [1.29, 1.82) is 0 Å². The average molecular weight is 263 g/mol. The topological polar surface area (TPSA) is 49.3 Å². The number of aliphatic carboxylic acids is 1. The molecule has 1 aromatic carbocycles. The minimum atomic E-state index is -0.775. The zero-order chi connectivity index (χ0) is 14.1. The van der Waals surface area contributed by atoms with E-state index in [0.29, 0.717) is 6.04 Å². The molecule has 0 fully saturated rings. The molecule has 1 atom stereocenters. The third-order valence-electron chi connectivity index (χ3n) is 3.34. The number of unbranched alkanes of at least 4 members (excludes halogenated alkanes) is 2. The van der Waals surface area contributed by atoms with Gasteiger partial charge in [-0.05, 0) is 24.5 Å². The van der Waals surface area contributed by atoms with Gasteiger partial charge in [-0.15, -0.1) is 0 Å². The predicted molar refractivity (Wildman–Crippen MR) is 78.2 cm³/mol. The van der Waals surface area contributed by atoms with E-state index in [1.54, 1.807) is 0 Å². The van der Waals surface area contributed by atoms with Crippen LogP contribution in [0.2, 0.25) is 0 Å². The zero-order valence-electron chi connectivity index (χ0n) is 12.0. The molecular weight excluding hydrogens is 238 g/mol. The second kappa shape index (κ2) is 8.70. The first-order valence-electron chi connectivity index (χ1n) is 7.15. The van der Waals surface area contributed by atoms with Crippen LogP contribution in [0.3, 0.4) is 0 Å². The van der Waals surface area contributed by atoms with Gasteiger partial charge in [0, 0.05) is 12.6 Å². The number of carboxylic acid groups (broad SMARTS) is 1. The Morgan fingerprint density at radius 2 is 1.95 bits per heavy atom. The van der Waals surface area contributed by atoms with Gasteiger partial charge < -0.3 is 10.4 Å². The lowest BCUT2D eigenvalue weighted by Crippen LogP contribution is -2.26. The monoisotopic (exact) mass is 263 g/mol. The van der Waals surface area contributed by atoms with Gasteiger partial charge in [-0.25, -0.2) is 0 Å². The minimum absolute atomic E-state index is 0.0993. The van der Waals surface area contributed by atoms with E-state index in [0.717, 1.165) is 17.7 Å². The molecule has 0 aliphatic carbocycles. The Kier molecular flexibility index (Phi) is 7.19. The van der Waals surface area contributed by atoms with Gasteiger partial charge in [0.2, 0.25) is 0 Å². The van der Waals surface area contributed by atoms with Gasteiger partial charge in [0.25, 0.3) is 0 Å². The van der Waals surface area contributed by atoms with Gasteiger partial charge in [0.1, 0.15) is 0 Å². The Balaban J connectivity index is 2.45. The lowest BCUT2D eigenvalue weighted by molar-refractivity contribution is -0.136. The first kappa shape index (κ1) is 15.7. The van der Waals surface area contributed by atoms with E-state index in [1.165, 1.54) is 25.7 Å². The number of rotatable bonds is 9. The zero-order valence-corrected chi connectivity index (χ0v) is 12.0. The van der Waals surface area contributed by atoms with Gasteiger partial charge in [0.15, 0.2) is 0 Å². The first-order chi connectivity index (χ1) is 9.13. The van der Waals surface area contributed by atoms with E-state index in [2.05, 4.69) is 19.2 Å². The van der Waals surface area contributed by atoms with Crippen LogP contribution in [0.4, 0.5) is 0 Å². The third kappa shape index (κ3) is 6.39. The number of carbonyl (C=O) groups is 1. The summed E-state index contributed by atoms with van der Waals surface area (Å²) in [6.45, 7) is 5.15. The molecule has 106 valence electrons. The quantitative estimate of drug-likeness (QED) is 0.672. The predicted octanol–water partition coefficient (Wildman–Crippen LogP) is 3.37. The van der Waals surface area contributed by atoms with Crippen LogP contribution >= 0.6 is 0 Å². The maximum Gasteiger partial charge on any atom is 0.307 e. The van der Waals surface area contributed by atoms with Gasteiger partial charge >= 0.3 is 5.97 Å². The van der Waals surface area contributed by atoms with Gasteiger partial charge in [-0.2, -0.15) is 0 Å². The van der Waals surface area contributed by atoms with Crippen molar-refractivity contribution < 1.29 is 9.90 Å². The molecule has 19 heavy (non-hydrogen) atoms. The molecule has 0 amide bonds. The molecule has 0 aromatic heterocycles. The molecule has 3 heteroatoms. The molecule has 0 saturated heterocycles. The summed E-state index contributed by atoms with van der Waals surface area (Å²) in [6, 6.07) is 8.23. The highest BCUT2D eigenvalue weighted by Gasteiger charge is 2.07. The highest BCUT2D eigenvalue weighted by atomic mass is 16.4. The first-order valence-corrected chi connectivity index (χ1v) is 7.15. The molecule has 0 saturated carbocycles. The molecule has 1 rings (SSSR count). The van der Waals surface area contributed by atoms with Crippen LogP contribution in [-0.2, 0) is 17.8 Å². The highest BCUT2D eigenvalue weighted by molar-refractivity contribution is 5.70. The van der Waals surface area contributed by atoms with Crippen molar-refractivity contribution in [2.75, 3.05) is 0 Å². The molecule has 0 aliphatic rings. The lowest BCUT2D eigenvalue weighted by Gasteiger charge is -2.15. The van der Waals surface area contributed by atoms with E-state index in [-0.39, 0.29) is 6.42 Å². The number of hydrogen-bond acceptors (Lipinski definition) is 2. The molecule has 1 aromatic rings. The fourth-order valence-corrected chi connectivity index (χ4v) is 2.15. The molecule has 0 aliphatic heterocycles. The fourth-order valence-electron chi connectivity index (χ4n) is 2.15. The van der Waals surface area contributed by atoms with Crippen LogP contribution in [0, 0.1) is 0 Å². The van der Waals surface area contributed by atoms with Crippen molar-refractivity contribution in [1.82, 2.24) is 5.32 Å². The summed E-state index contributed by atoms with van der Waals surface area (Å²) in [5.74, 6) is -0.775. The smallest absolute Gasteiger partial charge is 0.307 e. The summed E-state index contributed by atoms with van der Waals surface area (Å²) < 4.78 is 0. The molecule has 0 bridgehead atoms. The second-order valence-electron chi connectivity index (χ2n) is 5.12. The van der Waals surface area contributed by atoms with Crippen molar-refractivity contribution in [3.05, 3.63) is 35.4 Å². The van der Waals surface area contributed by atoms with Crippen LogP contribution in [-0.4, -0.2) is 17.1 Å². The van der Waals surface area contributed by atoms with E-state index >= 15 is 0 Å². The van der Waals surface area contributed by atoms with E-state index < -0.39 is 5.97 Å². The van der Waals surface area contributed by atoms with Crippen LogP contribution in [0.25, 0.3) is 0 Å². The minimum Gasteiger partial charge on any atom is -0.481 e. The van der Waals surface area contributed by atoms with Crippen molar-refractivity contribution in [3.8, 4) is 0 Å². The van der Waals surface area contributed by atoms with Crippen molar-refractivity contribution >= 4 is 5.97 Å². The van der Waals surface area contributed by atoms with Crippen LogP contribution in [0.5, 0.6) is 0 Å². The highest BCUT2D eigenvalue weighted by Crippen LogP contribution is 2.11. The van der Waals surface area contributed by atoms with E-state index in [1.807, 2.05) is 24.3 Å². The van der Waals surface area contributed by atoms with E-state index in [4.69, 9.17) is 5.11 Å². The molecule has 1 unspecified atom stereocenters. The summed E-state index contributed by atoms with van der Waals surface area (Å²) in [5, 5.41) is 12.4. The maximum atomic E-state index is 10.8. The third-order valence-corrected chi connectivity index (χ3v) is 3.34. The molecule has 0 heterocycles. The Labute approximate surface area is 116 Å². The van der Waals surface area contributed by atoms with Gasteiger partial charge in [0.05, 0.1) is 6.42 Å². The Hall–Kier alpha value is -1.35. The molecule has 0 spiro atoms. The molecular formula is C16H25NO2. The Morgan fingerprint density at radius 1 is 1.26 bits per heavy atom. The summed E-state index contributed by atoms with van der Waals surface area (Å²) >= 11 is 0. The van der Waals surface area contributed by atoms with Crippen molar-refractivity contribution in [3.63, 3.8) is 0 Å². The summed E-state index contributed by atoms with van der Waals surface area (Å²) in [6.07, 6.45) is 5.05. The maximum absolute atomic E-state index is 10.8. The Morgan fingerprint density at radius 3 is 2.58 bits per heavy atom. The van der Waals surface area contributed by atoms with Crippen LogP contribution in [0.15, 0.2) is 24.3 Å². The van der Waals surface area contributed by atoms with Gasteiger partial charge in [-0.1, -0.05) is 50.5 Å². The number of hydrogen-bond donors (Lipinski definition) is 2. The lowest BCUT2D eigenvalue weighted by atomic mass is 10.0. The number of carboxylic acids is 1. The SMILES string of the molecule is CCCCCC(C)NCc1ccccc1CC(=O)O. The number of nitrogens with one attached hydrogen (secondary N) is 1. The fraction of sp³-hybridized carbons (Fsp3) is 0.562. The van der Waals surface area contributed by atoms with Crippen molar-refractivity contribution in [2.45, 2.75) is 58.5 Å². The normalized spacial score (nSPS) is 12.3. The molecule has 0 radical (unpaired) electrons. The summed E-state index contributed by atoms with van der Waals surface area (Å²) in [5.41, 5.74) is 2.00. The van der Waals surface area contributed by atoms with E-state index in [9.17, 15) is 4.79 Å². The number of benzene rings is 1. The van der Waals surface area contributed by atoms with Gasteiger partial charge in [-0.3, -0.25) is 4.79 Å². The summed E-state index contributed by atoms with van der Waals surface area (Å²) in [4.78, 5) is 10.8. The standard InChI is InChI=1S/C16H25NO2/c1-3-4-5-8-13(2)17-12-15-10-7-6-9-14(15)11-16(18)19/h6-7,9-10,13,17H,3-5,8,11-12H2,1-2H3,(H,18,19). The van der Waals surface area contributed by atoms with Crippen molar-refractivity contribution in [2.24, 2.45) is 0 Å². The molecule has 2 N–H and O–H groups in total. The molecule has 3 nitrogen and oxygen atoms in total. The van der Waals surface area contributed by atoms with Crippen LogP contribution in [0.1, 0.15) is 50.7 Å². The summed E-state index contributed by atoms with van der Waals surface area (Å²) in [7, 11) is 0. The van der Waals surface area contributed by atoms with Crippen LogP contribution < -0.4 is 5.32 Å². The second-order valence-corrected chi connectivity index (χ2v) is 5.12. The largest absolute Gasteiger partial charge is 0.481 e. The average Bonchev–Trinajstić information content (AvgIpc) is 2.37. The Bertz CT molecular complexity index is 390.